The third kappa shape index (κ3) is 5.44. The normalized spacial score (nSPS) is 11.2. The quantitative estimate of drug-likeness (QED) is 0.931. The molecular weight excluding hydrogens is 303 g/mol. The molecule has 0 bridgehead atoms. The van der Waals surface area contributed by atoms with Gasteiger partial charge in [0.1, 0.15) is 11.4 Å². The Morgan fingerprint density at radius 3 is 2.78 bits per heavy atom. The molecule has 0 saturated carbocycles. The topological polar surface area (TPSA) is 51.2 Å². The van der Waals surface area contributed by atoms with Crippen LogP contribution in [0.4, 0.5) is 9.18 Å². The SMILES string of the molecule is CC(C)(C)OC(=O)NCCc1ncc(Br)cc1F. The Morgan fingerprint density at radius 1 is 1.56 bits per heavy atom. The van der Waals surface area contributed by atoms with Crippen molar-refractivity contribution in [3.63, 3.8) is 0 Å². The lowest BCUT2D eigenvalue weighted by atomic mass is 10.2. The number of aromatic nitrogens is 1. The van der Waals surface area contributed by atoms with Gasteiger partial charge in [-0.3, -0.25) is 4.98 Å². The van der Waals surface area contributed by atoms with Crippen LogP contribution in [0.1, 0.15) is 26.5 Å². The number of pyridine rings is 1. The van der Waals surface area contributed by atoms with Crippen LogP contribution in [-0.2, 0) is 11.2 Å². The third-order valence-electron chi connectivity index (χ3n) is 1.91. The second kappa shape index (κ2) is 6.13. The molecule has 0 aliphatic heterocycles. The fraction of sp³-hybridized carbons (Fsp3) is 0.500. The molecule has 0 saturated heterocycles. The lowest BCUT2D eigenvalue weighted by molar-refractivity contribution is 0.0528. The summed E-state index contributed by atoms with van der Waals surface area (Å²) >= 11 is 3.13. The number of hydrogen-bond acceptors (Lipinski definition) is 3. The Kier molecular flexibility index (Phi) is 5.07. The molecule has 100 valence electrons. The minimum atomic E-state index is -0.537. The summed E-state index contributed by atoms with van der Waals surface area (Å²) in [5.74, 6) is -0.393. The van der Waals surface area contributed by atoms with Gasteiger partial charge in [0.25, 0.3) is 0 Å². The number of alkyl carbamates (subject to hydrolysis) is 1. The standard InChI is InChI=1S/C12H16BrFN2O2/c1-12(2,3)18-11(17)15-5-4-10-9(14)6-8(13)7-16-10/h6-7H,4-5H2,1-3H3,(H,15,17). The first-order chi connectivity index (χ1) is 8.28. The second-order valence-electron chi connectivity index (χ2n) is 4.76. The maximum absolute atomic E-state index is 13.4. The lowest BCUT2D eigenvalue weighted by Gasteiger charge is -2.19. The van der Waals surface area contributed by atoms with E-state index >= 15 is 0 Å². The van der Waals surface area contributed by atoms with Crippen LogP contribution in [0.2, 0.25) is 0 Å². The van der Waals surface area contributed by atoms with Crippen molar-refractivity contribution < 1.29 is 13.9 Å². The van der Waals surface area contributed by atoms with E-state index in [0.717, 1.165) is 0 Å². The summed E-state index contributed by atoms with van der Waals surface area (Å²) < 4.78 is 19.0. The Morgan fingerprint density at radius 2 is 2.22 bits per heavy atom. The highest BCUT2D eigenvalue weighted by Crippen LogP contribution is 2.12. The zero-order valence-electron chi connectivity index (χ0n) is 10.6. The van der Waals surface area contributed by atoms with Gasteiger partial charge in [0.15, 0.2) is 0 Å². The van der Waals surface area contributed by atoms with E-state index in [-0.39, 0.29) is 6.54 Å². The van der Waals surface area contributed by atoms with E-state index in [1.54, 1.807) is 20.8 Å². The van der Waals surface area contributed by atoms with E-state index in [9.17, 15) is 9.18 Å². The molecule has 6 heteroatoms. The Bertz CT molecular complexity index is 433. The minimum Gasteiger partial charge on any atom is -0.444 e. The molecule has 0 unspecified atom stereocenters. The van der Waals surface area contributed by atoms with Crippen molar-refractivity contribution in [2.75, 3.05) is 6.54 Å². The van der Waals surface area contributed by atoms with Crippen LogP contribution < -0.4 is 5.32 Å². The van der Waals surface area contributed by atoms with E-state index in [2.05, 4.69) is 26.2 Å². The van der Waals surface area contributed by atoms with E-state index in [4.69, 9.17) is 4.74 Å². The van der Waals surface area contributed by atoms with Gasteiger partial charge in [-0.25, -0.2) is 9.18 Å². The fourth-order valence-corrected chi connectivity index (χ4v) is 1.53. The van der Waals surface area contributed by atoms with E-state index in [1.807, 2.05) is 0 Å². The molecule has 1 aromatic heterocycles. The van der Waals surface area contributed by atoms with Crippen LogP contribution >= 0.6 is 15.9 Å². The van der Waals surface area contributed by atoms with Crippen molar-refractivity contribution in [1.29, 1.82) is 0 Å². The third-order valence-corrected chi connectivity index (χ3v) is 2.35. The van der Waals surface area contributed by atoms with Crippen molar-refractivity contribution in [2.24, 2.45) is 0 Å². The molecule has 1 amide bonds. The summed E-state index contributed by atoms with van der Waals surface area (Å²) in [6.45, 7) is 5.62. The number of ether oxygens (including phenoxy) is 1. The average Bonchev–Trinajstić information content (AvgIpc) is 2.18. The van der Waals surface area contributed by atoms with Crippen LogP contribution in [0.15, 0.2) is 16.7 Å². The van der Waals surface area contributed by atoms with E-state index in [0.29, 0.717) is 16.6 Å². The first-order valence-electron chi connectivity index (χ1n) is 5.55. The molecule has 0 atom stereocenters. The van der Waals surface area contributed by atoms with Crippen LogP contribution in [0, 0.1) is 5.82 Å². The minimum absolute atomic E-state index is 0.278. The Labute approximate surface area is 114 Å². The zero-order chi connectivity index (χ0) is 13.8. The predicted molar refractivity (Wildman–Crippen MR) is 69.8 cm³/mol. The number of carbonyl (C=O) groups is 1. The molecule has 0 aliphatic carbocycles. The molecule has 0 radical (unpaired) electrons. The Hall–Kier alpha value is -1.17. The highest BCUT2D eigenvalue weighted by atomic mass is 79.9. The summed E-state index contributed by atoms with van der Waals surface area (Å²) in [5.41, 5.74) is -0.222. The van der Waals surface area contributed by atoms with Gasteiger partial charge < -0.3 is 10.1 Å². The van der Waals surface area contributed by atoms with Crippen molar-refractivity contribution in [1.82, 2.24) is 10.3 Å². The monoisotopic (exact) mass is 318 g/mol. The van der Waals surface area contributed by atoms with Gasteiger partial charge in [0.2, 0.25) is 0 Å². The summed E-state index contributed by atoms with van der Waals surface area (Å²) in [5, 5.41) is 2.55. The summed E-state index contributed by atoms with van der Waals surface area (Å²) in [6, 6.07) is 1.34. The van der Waals surface area contributed by atoms with Crippen molar-refractivity contribution in [3.05, 3.63) is 28.2 Å². The van der Waals surface area contributed by atoms with Gasteiger partial charge in [0, 0.05) is 23.6 Å². The molecule has 0 aromatic carbocycles. The second-order valence-corrected chi connectivity index (χ2v) is 5.68. The maximum Gasteiger partial charge on any atom is 0.407 e. The van der Waals surface area contributed by atoms with Crippen molar-refractivity contribution in [3.8, 4) is 0 Å². The van der Waals surface area contributed by atoms with Crippen molar-refractivity contribution >= 4 is 22.0 Å². The molecule has 18 heavy (non-hydrogen) atoms. The smallest absolute Gasteiger partial charge is 0.407 e. The summed E-state index contributed by atoms with van der Waals surface area (Å²) in [4.78, 5) is 15.3. The predicted octanol–water partition coefficient (Wildman–Crippen LogP) is 3.05. The molecule has 4 nitrogen and oxygen atoms in total. The van der Waals surface area contributed by atoms with Gasteiger partial charge in [-0.2, -0.15) is 0 Å². The molecular formula is C12H16BrFN2O2. The largest absolute Gasteiger partial charge is 0.444 e. The highest BCUT2D eigenvalue weighted by Gasteiger charge is 2.15. The molecule has 1 rings (SSSR count). The molecule has 0 aliphatic rings. The average molecular weight is 319 g/mol. The molecule has 1 aromatic rings. The number of nitrogens with zero attached hydrogens (tertiary/aromatic N) is 1. The number of amides is 1. The molecule has 1 N–H and O–H groups in total. The summed E-state index contributed by atoms with van der Waals surface area (Å²) in [7, 11) is 0. The lowest BCUT2D eigenvalue weighted by Crippen LogP contribution is -2.33. The number of nitrogens with one attached hydrogen (secondary N) is 1. The van der Waals surface area contributed by atoms with Crippen molar-refractivity contribution in [2.45, 2.75) is 32.8 Å². The first-order valence-corrected chi connectivity index (χ1v) is 6.34. The molecule has 0 fully saturated rings. The first kappa shape index (κ1) is 14.9. The number of halogens is 2. The number of rotatable bonds is 3. The molecule has 1 heterocycles. The van der Waals surface area contributed by atoms with Crippen LogP contribution in [0.25, 0.3) is 0 Å². The van der Waals surface area contributed by atoms with Gasteiger partial charge in [-0.1, -0.05) is 0 Å². The highest BCUT2D eigenvalue weighted by molar-refractivity contribution is 9.10. The number of carbonyl (C=O) groups excluding carboxylic acids is 1. The maximum atomic E-state index is 13.4. The van der Waals surface area contributed by atoms with Gasteiger partial charge in [0.05, 0.1) is 5.69 Å². The van der Waals surface area contributed by atoms with Gasteiger partial charge in [-0.15, -0.1) is 0 Å². The van der Waals surface area contributed by atoms with Crippen LogP contribution in [0.5, 0.6) is 0 Å². The number of hydrogen-bond donors (Lipinski definition) is 1. The van der Waals surface area contributed by atoms with Crippen LogP contribution in [0.3, 0.4) is 0 Å². The Balaban J connectivity index is 2.40. The van der Waals surface area contributed by atoms with Gasteiger partial charge >= 0.3 is 6.09 Å². The molecule has 0 spiro atoms. The van der Waals surface area contributed by atoms with Crippen LogP contribution in [-0.4, -0.2) is 23.2 Å². The van der Waals surface area contributed by atoms with E-state index < -0.39 is 17.5 Å². The van der Waals surface area contributed by atoms with Gasteiger partial charge in [-0.05, 0) is 42.8 Å². The zero-order valence-corrected chi connectivity index (χ0v) is 12.2. The fourth-order valence-electron chi connectivity index (χ4n) is 1.22. The summed E-state index contributed by atoms with van der Waals surface area (Å²) in [6.07, 6.45) is 1.32. The van der Waals surface area contributed by atoms with E-state index in [1.165, 1.54) is 12.3 Å².